The molecule has 0 atom stereocenters. The lowest BCUT2D eigenvalue weighted by Gasteiger charge is -2.30. The first-order valence-corrected chi connectivity index (χ1v) is 9.58. The van der Waals surface area contributed by atoms with Gasteiger partial charge < -0.3 is 5.32 Å². The van der Waals surface area contributed by atoms with Crippen molar-refractivity contribution in [3.05, 3.63) is 41.3 Å². The van der Waals surface area contributed by atoms with E-state index in [2.05, 4.69) is 5.32 Å². The van der Waals surface area contributed by atoms with E-state index in [4.69, 9.17) is 0 Å². The Labute approximate surface area is 137 Å². The third-order valence-corrected chi connectivity index (χ3v) is 5.91. The van der Waals surface area contributed by atoms with Gasteiger partial charge in [-0.1, -0.05) is 30.3 Å². The van der Waals surface area contributed by atoms with Gasteiger partial charge in [-0.3, -0.25) is 4.79 Å². The Morgan fingerprint density at radius 2 is 1.74 bits per heavy atom. The maximum Gasteiger partial charge on any atom is 0.236 e. The Balaban J connectivity index is 1.53. The summed E-state index contributed by atoms with van der Waals surface area (Å²) in [4.78, 5) is 11.8. The molecule has 0 spiro atoms. The molecule has 1 amide bonds. The van der Waals surface area contributed by atoms with Gasteiger partial charge in [0.05, 0.1) is 0 Å². The quantitative estimate of drug-likeness (QED) is 0.895. The highest BCUT2D eigenvalue weighted by Gasteiger charge is 2.33. The third kappa shape index (κ3) is 4.42. The van der Waals surface area contributed by atoms with Gasteiger partial charge in [-0.25, -0.2) is 8.42 Å². The minimum atomic E-state index is -3.40. The molecule has 2 fully saturated rings. The van der Waals surface area contributed by atoms with E-state index in [1.54, 1.807) is 6.08 Å². The van der Waals surface area contributed by atoms with Gasteiger partial charge in [0.2, 0.25) is 15.9 Å². The Morgan fingerprint density at radius 3 is 2.35 bits per heavy atom. The van der Waals surface area contributed by atoms with E-state index in [0.717, 1.165) is 18.4 Å². The van der Waals surface area contributed by atoms with Crippen LogP contribution < -0.4 is 5.32 Å². The molecule has 1 saturated carbocycles. The first-order valence-electron chi connectivity index (χ1n) is 8.08. The van der Waals surface area contributed by atoms with Crippen LogP contribution in [-0.4, -0.2) is 37.8 Å². The van der Waals surface area contributed by atoms with E-state index in [0.29, 0.717) is 25.9 Å². The number of benzene rings is 1. The molecule has 0 unspecified atom stereocenters. The first-order chi connectivity index (χ1) is 11.0. The predicted molar refractivity (Wildman–Crippen MR) is 89.9 cm³/mol. The van der Waals surface area contributed by atoms with Crippen molar-refractivity contribution in [2.45, 2.75) is 31.7 Å². The fourth-order valence-corrected chi connectivity index (χ4v) is 3.95. The van der Waals surface area contributed by atoms with E-state index in [1.165, 1.54) is 9.71 Å². The number of nitrogens with zero attached hydrogens (tertiary/aromatic N) is 1. The van der Waals surface area contributed by atoms with Crippen LogP contribution in [0.15, 0.2) is 35.7 Å². The van der Waals surface area contributed by atoms with Crippen molar-refractivity contribution in [1.29, 1.82) is 0 Å². The van der Waals surface area contributed by atoms with E-state index >= 15 is 0 Å². The minimum absolute atomic E-state index is 0.104. The molecule has 1 aromatic carbocycles. The highest BCUT2D eigenvalue weighted by molar-refractivity contribution is 7.92. The molecule has 6 heteroatoms. The molecule has 124 valence electrons. The molecule has 1 N–H and O–H groups in total. The number of nitrogens with one attached hydrogen (secondary N) is 1. The number of rotatable bonds is 5. The fourth-order valence-electron chi connectivity index (χ4n) is 2.73. The summed E-state index contributed by atoms with van der Waals surface area (Å²) in [6.45, 7) is 0.911. The summed E-state index contributed by atoms with van der Waals surface area (Å²) in [6.07, 6.45) is 4.96. The number of piperidine rings is 1. The molecule has 23 heavy (non-hydrogen) atoms. The molecule has 1 saturated heterocycles. The highest BCUT2D eigenvalue weighted by Crippen LogP contribution is 2.29. The lowest BCUT2D eigenvalue weighted by Crippen LogP contribution is -2.46. The van der Waals surface area contributed by atoms with Crippen molar-refractivity contribution in [2.75, 3.05) is 13.1 Å². The summed E-state index contributed by atoms with van der Waals surface area (Å²) >= 11 is 0. The average molecular weight is 334 g/mol. The van der Waals surface area contributed by atoms with Crippen molar-refractivity contribution in [2.24, 2.45) is 5.92 Å². The Hall–Kier alpha value is -1.66. The minimum Gasteiger partial charge on any atom is -0.353 e. The molecule has 1 heterocycles. The summed E-state index contributed by atoms with van der Waals surface area (Å²) in [7, 11) is -3.40. The molecule has 0 aromatic heterocycles. The molecule has 3 rings (SSSR count). The number of hydrogen-bond acceptors (Lipinski definition) is 3. The highest BCUT2D eigenvalue weighted by atomic mass is 32.2. The summed E-state index contributed by atoms with van der Waals surface area (Å²) in [5.74, 6) is 0.334. The number of amides is 1. The van der Waals surface area contributed by atoms with Gasteiger partial charge in [0.15, 0.2) is 0 Å². The summed E-state index contributed by atoms with van der Waals surface area (Å²) < 4.78 is 26.2. The van der Waals surface area contributed by atoms with Crippen molar-refractivity contribution in [3.63, 3.8) is 0 Å². The van der Waals surface area contributed by atoms with E-state index in [-0.39, 0.29) is 17.9 Å². The van der Waals surface area contributed by atoms with Gasteiger partial charge in [0, 0.05) is 30.5 Å². The zero-order chi connectivity index (χ0) is 16.3. The number of carbonyl (C=O) groups excluding carboxylic acids is 1. The van der Waals surface area contributed by atoms with Gasteiger partial charge in [-0.15, -0.1) is 0 Å². The van der Waals surface area contributed by atoms with Gasteiger partial charge >= 0.3 is 0 Å². The molecule has 0 radical (unpaired) electrons. The Kier molecular flexibility index (Phi) is 4.82. The smallest absolute Gasteiger partial charge is 0.236 e. The topological polar surface area (TPSA) is 66.5 Å². The Bertz CT molecular complexity index is 673. The van der Waals surface area contributed by atoms with Crippen LogP contribution in [0.1, 0.15) is 31.2 Å². The normalized spacial score (nSPS) is 20.7. The van der Waals surface area contributed by atoms with Crippen molar-refractivity contribution in [3.8, 4) is 0 Å². The first kappa shape index (κ1) is 16.2. The fraction of sp³-hybridized carbons (Fsp3) is 0.471. The van der Waals surface area contributed by atoms with Crippen LogP contribution in [0, 0.1) is 5.92 Å². The van der Waals surface area contributed by atoms with Gasteiger partial charge in [0.1, 0.15) is 0 Å². The molecule has 2 aliphatic rings. The predicted octanol–water partition coefficient (Wildman–Crippen LogP) is 1.98. The second-order valence-corrected chi connectivity index (χ2v) is 8.03. The molecule has 1 aliphatic carbocycles. The lowest BCUT2D eigenvalue weighted by molar-refractivity contribution is -0.123. The molecule has 1 aromatic rings. The molecule has 0 bridgehead atoms. The van der Waals surface area contributed by atoms with Crippen LogP contribution >= 0.6 is 0 Å². The second-order valence-electron chi connectivity index (χ2n) is 6.21. The average Bonchev–Trinajstić information content (AvgIpc) is 3.40. The Morgan fingerprint density at radius 1 is 1.09 bits per heavy atom. The second kappa shape index (κ2) is 6.84. The maximum absolute atomic E-state index is 12.4. The van der Waals surface area contributed by atoms with E-state index in [9.17, 15) is 13.2 Å². The van der Waals surface area contributed by atoms with Crippen LogP contribution in [0.25, 0.3) is 6.08 Å². The number of sulfonamides is 1. The summed E-state index contributed by atoms with van der Waals surface area (Å²) in [5.41, 5.74) is 0.864. The maximum atomic E-state index is 12.4. The monoisotopic (exact) mass is 334 g/mol. The molecular weight excluding hydrogens is 312 g/mol. The molecule has 5 nitrogen and oxygen atoms in total. The number of carbonyl (C=O) groups is 1. The van der Waals surface area contributed by atoms with Crippen molar-refractivity contribution < 1.29 is 13.2 Å². The molecular formula is C17H22N2O3S. The number of hydrogen-bond donors (Lipinski definition) is 1. The third-order valence-electron chi connectivity index (χ3n) is 4.34. The van der Waals surface area contributed by atoms with Crippen LogP contribution in [0.5, 0.6) is 0 Å². The van der Waals surface area contributed by atoms with E-state index < -0.39 is 10.0 Å². The summed E-state index contributed by atoms with van der Waals surface area (Å²) in [6, 6.07) is 9.48. The van der Waals surface area contributed by atoms with Gasteiger partial charge in [0.25, 0.3) is 0 Å². The zero-order valence-corrected chi connectivity index (χ0v) is 13.8. The van der Waals surface area contributed by atoms with Crippen LogP contribution in [0.4, 0.5) is 0 Å². The molecule has 1 aliphatic heterocycles. The standard InChI is InChI=1S/C17H22N2O3S/c20-17(15-6-7-15)18-16-8-11-19(12-9-16)23(21,22)13-10-14-4-2-1-3-5-14/h1-5,10,13,15-16H,6-9,11-12H2,(H,18,20)/b13-10+. The van der Waals surface area contributed by atoms with Gasteiger partial charge in [-0.2, -0.15) is 4.31 Å². The lowest BCUT2D eigenvalue weighted by atomic mass is 10.1. The van der Waals surface area contributed by atoms with Crippen molar-refractivity contribution >= 4 is 22.0 Å². The SMILES string of the molecule is O=C(NC1CCN(S(=O)(=O)/C=C/c2ccccc2)CC1)C1CC1. The van der Waals surface area contributed by atoms with Crippen LogP contribution in [0.2, 0.25) is 0 Å². The van der Waals surface area contributed by atoms with Crippen molar-refractivity contribution in [1.82, 2.24) is 9.62 Å². The van der Waals surface area contributed by atoms with Crippen LogP contribution in [0.3, 0.4) is 0 Å². The van der Waals surface area contributed by atoms with Gasteiger partial charge in [-0.05, 0) is 37.3 Å². The summed E-state index contributed by atoms with van der Waals surface area (Å²) in [5, 5.41) is 4.30. The van der Waals surface area contributed by atoms with Crippen LogP contribution in [-0.2, 0) is 14.8 Å². The zero-order valence-electron chi connectivity index (χ0n) is 13.0. The largest absolute Gasteiger partial charge is 0.353 e. The van der Waals surface area contributed by atoms with E-state index in [1.807, 2.05) is 30.3 Å².